The lowest BCUT2D eigenvalue weighted by molar-refractivity contribution is -0.127. The van der Waals surface area contributed by atoms with Gasteiger partial charge in [0.05, 0.1) is 0 Å². The average molecular weight is 405 g/mol. The number of Topliss-reactive ketones (excluding diaryl/α,β-unsaturated/α-hetero) is 1. The van der Waals surface area contributed by atoms with Gasteiger partial charge in [-0.2, -0.15) is 0 Å². The molecule has 1 fully saturated rings. The monoisotopic (exact) mass is 404 g/mol. The quantitative estimate of drug-likeness (QED) is 0.491. The van der Waals surface area contributed by atoms with E-state index >= 15 is 0 Å². The van der Waals surface area contributed by atoms with Gasteiger partial charge in [0, 0.05) is 12.8 Å². The number of hydrogen-bond acceptors (Lipinski definition) is 2. The molecule has 0 bridgehead atoms. The highest BCUT2D eigenvalue weighted by atomic mass is 16.5. The number of ketones is 1. The Morgan fingerprint density at radius 2 is 1.90 bits per heavy atom. The van der Waals surface area contributed by atoms with Gasteiger partial charge < -0.3 is 4.74 Å². The number of benzene rings is 2. The van der Waals surface area contributed by atoms with Crippen molar-refractivity contribution in [3.8, 4) is 5.75 Å². The molecule has 0 radical (unpaired) electrons. The van der Waals surface area contributed by atoms with E-state index in [0.717, 1.165) is 25.0 Å². The van der Waals surface area contributed by atoms with Gasteiger partial charge in [0.1, 0.15) is 18.1 Å². The van der Waals surface area contributed by atoms with Crippen LogP contribution in [0.4, 0.5) is 0 Å². The fourth-order valence-corrected chi connectivity index (χ4v) is 6.05. The topological polar surface area (TPSA) is 26.3 Å². The van der Waals surface area contributed by atoms with Crippen molar-refractivity contribution in [3.05, 3.63) is 65.2 Å². The van der Waals surface area contributed by atoms with Crippen LogP contribution in [-0.2, 0) is 17.8 Å². The van der Waals surface area contributed by atoms with Crippen molar-refractivity contribution in [3.63, 3.8) is 0 Å². The van der Waals surface area contributed by atoms with Crippen molar-refractivity contribution in [2.24, 2.45) is 17.3 Å². The second-order valence-corrected chi connectivity index (χ2v) is 9.89. The summed E-state index contributed by atoms with van der Waals surface area (Å²) < 4.78 is 6.09. The molecule has 0 aliphatic heterocycles. The maximum absolute atomic E-state index is 12.7. The Morgan fingerprint density at radius 1 is 1.10 bits per heavy atom. The summed E-state index contributed by atoms with van der Waals surface area (Å²) in [5, 5.41) is 0. The molecule has 0 N–H and O–H groups in total. The molecule has 2 aromatic carbocycles. The summed E-state index contributed by atoms with van der Waals surface area (Å²) in [4.78, 5) is 12.7. The smallest absolute Gasteiger partial charge is 0.133 e. The number of carbonyl (C=O) groups is 1. The second kappa shape index (κ2) is 8.96. The maximum Gasteiger partial charge on any atom is 0.133 e. The first kappa shape index (κ1) is 21.2. The molecule has 0 spiro atoms. The van der Waals surface area contributed by atoms with Crippen LogP contribution in [0.5, 0.6) is 5.75 Å². The Morgan fingerprint density at radius 3 is 2.63 bits per heavy atom. The molecule has 3 atom stereocenters. The number of fused-ring (bicyclic) bond motifs is 3. The Bertz CT molecular complexity index is 869. The standard InChI is InChI=1S/C28H36O2/c1-4-28-15-14-22-16-25(30-19-21-8-6-5-7-9-21)12-13-26(22)27(28)18-24(29)17-23(28)11-10-20(2)3/h5-9,12-13,16,20,23,27H,4,10-11,14-15,17-19H2,1-3H3/t23-,27+,28-/m0/s1. The first-order chi connectivity index (χ1) is 14.5. The highest BCUT2D eigenvalue weighted by Gasteiger charge is 2.50. The first-order valence-electron chi connectivity index (χ1n) is 11.8. The van der Waals surface area contributed by atoms with E-state index in [4.69, 9.17) is 4.74 Å². The van der Waals surface area contributed by atoms with Crippen LogP contribution in [0.3, 0.4) is 0 Å². The molecular weight excluding hydrogens is 368 g/mol. The molecule has 0 heterocycles. The van der Waals surface area contributed by atoms with E-state index in [1.54, 1.807) is 0 Å². The number of aryl methyl sites for hydroxylation is 1. The molecule has 2 aliphatic rings. The van der Waals surface area contributed by atoms with Gasteiger partial charge in [0.2, 0.25) is 0 Å². The molecule has 2 aliphatic carbocycles. The molecule has 4 rings (SSSR count). The predicted molar refractivity (Wildman–Crippen MR) is 123 cm³/mol. The molecule has 0 unspecified atom stereocenters. The highest BCUT2D eigenvalue weighted by Crippen LogP contribution is 2.59. The van der Waals surface area contributed by atoms with Gasteiger partial charge in [-0.1, -0.05) is 63.6 Å². The number of rotatable bonds is 7. The fraction of sp³-hybridized carbons (Fsp3) is 0.536. The molecule has 160 valence electrons. The highest BCUT2D eigenvalue weighted by molar-refractivity contribution is 5.81. The minimum absolute atomic E-state index is 0.294. The maximum atomic E-state index is 12.7. The zero-order valence-corrected chi connectivity index (χ0v) is 18.8. The van der Waals surface area contributed by atoms with Gasteiger partial charge in [0.25, 0.3) is 0 Å². The van der Waals surface area contributed by atoms with Crippen molar-refractivity contribution in [2.75, 3.05) is 0 Å². The molecule has 30 heavy (non-hydrogen) atoms. The third kappa shape index (κ3) is 4.19. The van der Waals surface area contributed by atoms with Gasteiger partial charge in [-0.15, -0.1) is 0 Å². The van der Waals surface area contributed by atoms with Gasteiger partial charge >= 0.3 is 0 Å². The lowest BCUT2D eigenvalue weighted by Crippen LogP contribution is -2.45. The Balaban J connectivity index is 1.56. The fourth-order valence-electron chi connectivity index (χ4n) is 6.05. The zero-order chi connectivity index (χ0) is 21.1. The largest absolute Gasteiger partial charge is 0.489 e. The average Bonchev–Trinajstić information content (AvgIpc) is 2.76. The van der Waals surface area contributed by atoms with Gasteiger partial charge in [-0.3, -0.25) is 4.79 Å². The zero-order valence-electron chi connectivity index (χ0n) is 18.8. The van der Waals surface area contributed by atoms with E-state index in [9.17, 15) is 4.79 Å². The van der Waals surface area contributed by atoms with E-state index in [-0.39, 0.29) is 0 Å². The third-order valence-electron chi connectivity index (χ3n) is 7.76. The van der Waals surface area contributed by atoms with Crippen molar-refractivity contribution in [1.29, 1.82) is 0 Å². The molecular formula is C28H36O2. The summed E-state index contributed by atoms with van der Waals surface area (Å²) in [6.07, 6.45) is 7.44. The van der Waals surface area contributed by atoms with Gasteiger partial charge in [-0.25, -0.2) is 0 Å². The summed E-state index contributed by atoms with van der Waals surface area (Å²) >= 11 is 0. The van der Waals surface area contributed by atoms with Crippen LogP contribution in [0.1, 0.15) is 81.9 Å². The normalized spacial score (nSPS) is 25.7. The van der Waals surface area contributed by atoms with Crippen LogP contribution in [0.2, 0.25) is 0 Å². The second-order valence-electron chi connectivity index (χ2n) is 9.89. The van der Waals surface area contributed by atoms with E-state index in [0.29, 0.717) is 35.6 Å². The number of carbonyl (C=O) groups excluding carboxylic acids is 1. The van der Waals surface area contributed by atoms with Crippen molar-refractivity contribution < 1.29 is 9.53 Å². The SMILES string of the molecule is CC[C@@]12CCc3cc(OCc4ccccc4)ccc3[C@H]1CC(=O)C[C@@H]2CCC(C)C. The lowest BCUT2D eigenvalue weighted by atomic mass is 9.51. The van der Waals surface area contributed by atoms with E-state index in [1.807, 2.05) is 18.2 Å². The molecule has 2 heteroatoms. The minimum Gasteiger partial charge on any atom is -0.489 e. The van der Waals surface area contributed by atoms with Gasteiger partial charge in [-0.05, 0) is 77.7 Å². The minimum atomic E-state index is 0.294. The van der Waals surface area contributed by atoms with Crippen LogP contribution in [0.15, 0.2) is 48.5 Å². The Hall–Kier alpha value is -2.09. The summed E-state index contributed by atoms with van der Waals surface area (Å²) in [5.74, 6) is 3.04. The van der Waals surface area contributed by atoms with E-state index in [2.05, 4.69) is 51.1 Å². The Kier molecular flexibility index (Phi) is 6.32. The first-order valence-corrected chi connectivity index (χ1v) is 11.8. The number of hydrogen-bond donors (Lipinski definition) is 0. The molecule has 0 aromatic heterocycles. The molecule has 2 aromatic rings. The molecule has 0 amide bonds. The summed E-state index contributed by atoms with van der Waals surface area (Å²) in [7, 11) is 0. The molecule has 2 nitrogen and oxygen atoms in total. The van der Waals surface area contributed by atoms with E-state index in [1.165, 1.54) is 42.4 Å². The van der Waals surface area contributed by atoms with Crippen LogP contribution < -0.4 is 4.74 Å². The third-order valence-corrected chi connectivity index (χ3v) is 7.76. The summed E-state index contributed by atoms with van der Waals surface area (Å²) in [6, 6.07) is 16.9. The lowest BCUT2D eigenvalue weighted by Gasteiger charge is -2.53. The van der Waals surface area contributed by atoms with Crippen LogP contribution in [-0.4, -0.2) is 5.78 Å². The van der Waals surface area contributed by atoms with Gasteiger partial charge in [0.15, 0.2) is 0 Å². The van der Waals surface area contributed by atoms with Crippen molar-refractivity contribution in [1.82, 2.24) is 0 Å². The Labute approximate surface area is 182 Å². The summed E-state index contributed by atoms with van der Waals surface area (Å²) in [5.41, 5.74) is 4.29. The molecule has 1 saturated carbocycles. The predicted octanol–water partition coefficient (Wildman–Crippen LogP) is 7.11. The molecule has 0 saturated heterocycles. The van der Waals surface area contributed by atoms with E-state index < -0.39 is 0 Å². The van der Waals surface area contributed by atoms with Crippen LogP contribution in [0.25, 0.3) is 0 Å². The van der Waals surface area contributed by atoms with Crippen molar-refractivity contribution >= 4 is 5.78 Å². The van der Waals surface area contributed by atoms with Crippen molar-refractivity contribution in [2.45, 2.75) is 78.2 Å². The van der Waals surface area contributed by atoms with Crippen LogP contribution in [0, 0.1) is 17.3 Å². The van der Waals surface area contributed by atoms with Crippen LogP contribution >= 0.6 is 0 Å². The summed E-state index contributed by atoms with van der Waals surface area (Å²) in [6.45, 7) is 7.55. The number of ether oxygens (including phenoxy) is 1.